The van der Waals surface area contributed by atoms with Crippen LogP contribution in [0.5, 0.6) is 0 Å². The average molecular weight is 522 g/mol. The molecule has 0 spiro atoms. The second-order valence-electron chi connectivity index (χ2n) is 9.74. The standard InChI is InChI=1S/C29H35N3O6/c1-6-8-14-29(15-9-7-2)26-17-22(28(31-38-21(5)34)16-19(3)30-37-20(4)33)10-12-24(26)25-13-11-23(32(35)36)18-27(25)29/h10-13,17-18H,6-9,14-16H2,1-5H3/b30-19+,31-28-. The number of benzene rings is 2. The summed E-state index contributed by atoms with van der Waals surface area (Å²) in [6, 6.07) is 11.1. The molecule has 0 saturated heterocycles. The Hall–Kier alpha value is -3.88. The Morgan fingerprint density at radius 3 is 1.97 bits per heavy atom. The van der Waals surface area contributed by atoms with Crippen LogP contribution in [-0.4, -0.2) is 28.3 Å². The predicted octanol–water partition coefficient (Wildman–Crippen LogP) is 6.84. The molecule has 0 radical (unpaired) electrons. The van der Waals surface area contributed by atoms with Gasteiger partial charge in [0.2, 0.25) is 0 Å². The molecular formula is C29H35N3O6. The highest BCUT2D eigenvalue weighted by Crippen LogP contribution is 2.55. The molecule has 0 N–H and O–H groups in total. The van der Waals surface area contributed by atoms with Crippen molar-refractivity contribution in [2.75, 3.05) is 0 Å². The van der Waals surface area contributed by atoms with Crippen molar-refractivity contribution in [2.45, 2.75) is 85.0 Å². The van der Waals surface area contributed by atoms with Crippen LogP contribution in [0.3, 0.4) is 0 Å². The molecule has 0 aliphatic heterocycles. The van der Waals surface area contributed by atoms with Gasteiger partial charge in [-0.1, -0.05) is 62.0 Å². The number of unbranched alkanes of at least 4 members (excludes halogenated alkanes) is 2. The van der Waals surface area contributed by atoms with Crippen molar-refractivity contribution in [3.8, 4) is 11.1 Å². The van der Waals surface area contributed by atoms with E-state index in [1.165, 1.54) is 13.8 Å². The first-order valence-electron chi connectivity index (χ1n) is 13.0. The third-order valence-corrected chi connectivity index (χ3v) is 6.84. The molecule has 0 bridgehead atoms. The molecule has 0 saturated carbocycles. The van der Waals surface area contributed by atoms with E-state index in [9.17, 15) is 19.7 Å². The van der Waals surface area contributed by atoms with Gasteiger partial charge in [0, 0.05) is 43.4 Å². The normalized spacial score (nSPS) is 14.0. The van der Waals surface area contributed by atoms with E-state index in [0.717, 1.165) is 66.3 Å². The molecule has 2 aromatic carbocycles. The number of hydrogen-bond donors (Lipinski definition) is 0. The predicted molar refractivity (Wildman–Crippen MR) is 146 cm³/mol. The molecule has 1 aliphatic rings. The molecule has 38 heavy (non-hydrogen) atoms. The van der Waals surface area contributed by atoms with Gasteiger partial charge in [-0.2, -0.15) is 0 Å². The number of nitrogens with zero attached hydrogens (tertiary/aromatic N) is 3. The lowest BCUT2D eigenvalue weighted by atomic mass is 9.70. The summed E-state index contributed by atoms with van der Waals surface area (Å²) in [5.74, 6) is -1.10. The molecule has 0 atom stereocenters. The summed E-state index contributed by atoms with van der Waals surface area (Å²) in [6.45, 7) is 8.51. The Morgan fingerprint density at radius 2 is 1.42 bits per heavy atom. The number of nitro groups is 1. The highest BCUT2D eigenvalue weighted by atomic mass is 16.7. The molecule has 9 heteroatoms. The maximum absolute atomic E-state index is 11.7. The second-order valence-corrected chi connectivity index (χ2v) is 9.74. The summed E-state index contributed by atoms with van der Waals surface area (Å²) in [6.07, 6.45) is 5.84. The maximum Gasteiger partial charge on any atom is 0.331 e. The molecule has 0 unspecified atom stereocenters. The Balaban J connectivity index is 2.20. The Labute approximate surface area is 223 Å². The average Bonchev–Trinajstić information content (AvgIpc) is 3.15. The molecular weight excluding hydrogens is 486 g/mol. The number of carbonyl (C=O) groups is 2. The van der Waals surface area contributed by atoms with Crippen molar-refractivity contribution in [1.29, 1.82) is 0 Å². The van der Waals surface area contributed by atoms with E-state index in [-0.39, 0.29) is 22.4 Å². The summed E-state index contributed by atoms with van der Waals surface area (Å²) >= 11 is 0. The van der Waals surface area contributed by atoms with Crippen molar-refractivity contribution in [2.24, 2.45) is 10.3 Å². The highest BCUT2D eigenvalue weighted by molar-refractivity contribution is 6.12. The first kappa shape index (κ1) is 28.7. The minimum absolute atomic E-state index is 0.0866. The fourth-order valence-corrected chi connectivity index (χ4v) is 5.12. The third-order valence-electron chi connectivity index (χ3n) is 6.84. The topological polar surface area (TPSA) is 120 Å². The minimum Gasteiger partial charge on any atom is -0.319 e. The number of nitro benzene ring substituents is 1. The van der Waals surface area contributed by atoms with Gasteiger partial charge in [-0.25, -0.2) is 9.59 Å². The Morgan fingerprint density at radius 1 is 0.868 bits per heavy atom. The van der Waals surface area contributed by atoms with Crippen LogP contribution < -0.4 is 0 Å². The van der Waals surface area contributed by atoms with Gasteiger partial charge in [0.15, 0.2) is 0 Å². The molecule has 0 heterocycles. The van der Waals surface area contributed by atoms with Crippen LogP contribution in [0.15, 0.2) is 46.7 Å². The third kappa shape index (κ3) is 6.33. The lowest BCUT2D eigenvalue weighted by Gasteiger charge is -2.32. The van der Waals surface area contributed by atoms with E-state index in [1.807, 2.05) is 18.2 Å². The van der Waals surface area contributed by atoms with E-state index < -0.39 is 11.9 Å². The van der Waals surface area contributed by atoms with Crippen LogP contribution in [0, 0.1) is 10.1 Å². The molecule has 0 fully saturated rings. The van der Waals surface area contributed by atoms with Crippen LogP contribution in [-0.2, 0) is 24.7 Å². The van der Waals surface area contributed by atoms with Gasteiger partial charge in [0.25, 0.3) is 5.69 Å². The molecule has 202 valence electrons. The van der Waals surface area contributed by atoms with Gasteiger partial charge in [0.05, 0.1) is 16.3 Å². The maximum atomic E-state index is 11.7. The molecule has 0 aromatic heterocycles. The summed E-state index contributed by atoms with van der Waals surface area (Å²) in [5, 5.41) is 19.6. The van der Waals surface area contributed by atoms with Crippen molar-refractivity contribution in [3.63, 3.8) is 0 Å². The molecule has 0 amide bonds. The first-order chi connectivity index (χ1) is 18.1. The van der Waals surface area contributed by atoms with Crippen molar-refractivity contribution in [3.05, 3.63) is 63.2 Å². The summed E-state index contributed by atoms with van der Waals surface area (Å²) < 4.78 is 0. The largest absolute Gasteiger partial charge is 0.331 e. The molecule has 3 rings (SSSR count). The van der Waals surface area contributed by atoms with Crippen LogP contribution in [0.4, 0.5) is 5.69 Å². The number of hydrogen-bond acceptors (Lipinski definition) is 8. The van der Waals surface area contributed by atoms with Crippen molar-refractivity contribution < 1.29 is 24.2 Å². The molecule has 9 nitrogen and oxygen atoms in total. The monoisotopic (exact) mass is 521 g/mol. The van der Waals surface area contributed by atoms with Crippen LogP contribution in [0.25, 0.3) is 11.1 Å². The van der Waals surface area contributed by atoms with Gasteiger partial charge in [-0.05, 0) is 54.2 Å². The quantitative estimate of drug-likeness (QED) is 0.130. The highest BCUT2D eigenvalue weighted by Gasteiger charge is 2.43. The van der Waals surface area contributed by atoms with Crippen LogP contribution in [0.2, 0.25) is 0 Å². The van der Waals surface area contributed by atoms with Gasteiger partial charge < -0.3 is 9.68 Å². The lowest BCUT2D eigenvalue weighted by molar-refractivity contribution is -0.384. The van der Waals surface area contributed by atoms with E-state index in [0.29, 0.717) is 11.4 Å². The van der Waals surface area contributed by atoms with Gasteiger partial charge in [-0.15, -0.1) is 0 Å². The fraction of sp³-hybridized carbons (Fsp3) is 0.448. The lowest BCUT2D eigenvalue weighted by Crippen LogP contribution is -2.26. The van der Waals surface area contributed by atoms with E-state index in [2.05, 4.69) is 30.2 Å². The number of oxime groups is 2. The zero-order chi connectivity index (χ0) is 27.9. The number of rotatable bonds is 12. The Kier molecular flexibility index (Phi) is 9.50. The number of carbonyl (C=O) groups excluding carboxylic acids is 2. The van der Waals surface area contributed by atoms with Crippen molar-refractivity contribution in [1.82, 2.24) is 0 Å². The molecule has 1 aliphatic carbocycles. The van der Waals surface area contributed by atoms with Gasteiger partial charge in [0.1, 0.15) is 0 Å². The van der Waals surface area contributed by atoms with Gasteiger partial charge >= 0.3 is 11.9 Å². The summed E-state index contributed by atoms with van der Waals surface area (Å²) in [7, 11) is 0. The van der Waals surface area contributed by atoms with E-state index in [1.54, 1.807) is 19.1 Å². The van der Waals surface area contributed by atoms with E-state index >= 15 is 0 Å². The first-order valence-corrected chi connectivity index (χ1v) is 13.0. The molecule has 2 aromatic rings. The Bertz CT molecular complexity index is 1270. The van der Waals surface area contributed by atoms with Crippen LogP contribution >= 0.6 is 0 Å². The number of non-ortho nitro benzene ring substituents is 1. The second kappa shape index (κ2) is 12.6. The SMILES string of the molecule is CCCCC1(CCCC)c2cc(/C(C/C(C)=N/OC(C)=O)=N\OC(C)=O)ccc2-c2ccc([N+](=O)[O-])cc21. The summed E-state index contributed by atoms with van der Waals surface area (Å²) in [4.78, 5) is 43.9. The van der Waals surface area contributed by atoms with Crippen molar-refractivity contribution >= 4 is 29.0 Å². The zero-order valence-electron chi connectivity index (χ0n) is 22.7. The van der Waals surface area contributed by atoms with E-state index in [4.69, 9.17) is 9.68 Å². The van der Waals surface area contributed by atoms with Gasteiger partial charge in [-0.3, -0.25) is 10.1 Å². The zero-order valence-corrected chi connectivity index (χ0v) is 22.7. The van der Waals surface area contributed by atoms with Crippen LogP contribution in [0.1, 0.15) is 96.3 Å². The fourth-order valence-electron chi connectivity index (χ4n) is 5.12. The smallest absolute Gasteiger partial charge is 0.319 e. The number of fused-ring (bicyclic) bond motifs is 3. The minimum atomic E-state index is -0.557. The summed E-state index contributed by atoms with van der Waals surface area (Å²) in [5.41, 5.74) is 5.52.